The Kier molecular flexibility index (Phi) is 6.31. The molecular weight excluding hydrogens is 342 g/mol. The number of ketones is 1. The number of amides is 1. The quantitative estimate of drug-likeness (QED) is 0.749. The number of rotatable bonds is 6. The van der Waals surface area contributed by atoms with Crippen LogP contribution in [0.15, 0.2) is 29.2 Å². The highest BCUT2D eigenvalue weighted by Crippen LogP contribution is 2.15. The average molecular weight is 367 g/mol. The molecular formula is C17H25N3O4S. The van der Waals surface area contributed by atoms with Gasteiger partial charge in [-0.3, -0.25) is 9.59 Å². The lowest BCUT2D eigenvalue weighted by atomic mass is 10.1. The molecule has 1 aromatic rings. The Morgan fingerprint density at radius 2 is 1.76 bits per heavy atom. The molecule has 25 heavy (non-hydrogen) atoms. The second-order valence-corrected chi connectivity index (χ2v) is 8.53. The number of hydrogen-bond acceptors (Lipinski definition) is 5. The second kappa shape index (κ2) is 8.07. The van der Waals surface area contributed by atoms with Crippen molar-refractivity contribution in [3.8, 4) is 0 Å². The highest BCUT2D eigenvalue weighted by Gasteiger charge is 2.25. The van der Waals surface area contributed by atoms with Gasteiger partial charge in [-0.05, 0) is 52.0 Å². The number of Topliss-reactive ketones (excluding diaryl/α,β-unsaturated/α-hetero) is 1. The van der Waals surface area contributed by atoms with Crippen molar-refractivity contribution >= 4 is 21.7 Å². The highest BCUT2D eigenvalue weighted by atomic mass is 32.2. The zero-order valence-corrected chi connectivity index (χ0v) is 15.7. The van der Waals surface area contributed by atoms with Gasteiger partial charge in [-0.25, -0.2) is 8.42 Å². The lowest BCUT2D eigenvalue weighted by molar-refractivity contribution is -0.122. The molecule has 1 heterocycles. The maximum Gasteiger partial charge on any atom is 0.243 e. The summed E-state index contributed by atoms with van der Waals surface area (Å²) in [4.78, 5) is 25.7. The predicted octanol–water partition coefficient (Wildman–Crippen LogP) is 0.720. The fourth-order valence-corrected chi connectivity index (χ4v) is 3.88. The fourth-order valence-electron chi connectivity index (χ4n) is 2.76. The van der Waals surface area contributed by atoms with Crippen LogP contribution in [-0.2, 0) is 14.8 Å². The molecule has 0 saturated carbocycles. The molecule has 0 aromatic heterocycles. The topological polar surface area (TPSA) is 86.8 Å². The lowest BCUT2D eigenvalue weighted by Crippen LogP contribution is -2.46. The van der Waals surface area contributed by atoms with E-state index in [4.69, 9.17) is 0 Å². The number of likely N-dealkylation sites (N-methyl/N-ethyl adjacent to an activating group) is 1. The lowest BCUT2D eigenvalue weighted by Gasteiger charge is -2.29. The van der Waals surface area contributed by atoms with Crippen molar-refractivity contribution in [2.75, 3.05) is 33.7 Å². The van der Waals surface area contributed by atoms with Crippen molar-refractivity contribution in [3.05, 3.63) is 29.8 Å². The van der Waals surface area contributed by atoms with Crippen LogP contribution in [0.2, 0.25) is 0 Å². The Morgan fingerprint density at radius 3 is 2.28 bits per heavy atom. The smallest absolute Gasteiger partial charge is 0.243 e. The molecule has 0 spiro atoms. The van der Waals surface area contributed by atoms with Gasteiger partial charge in [0.05, 0.1) is 11.4 Å². The van der Waals surface area contributed by atoms with Crippen LogP contribution in [0.3, 0.4) is 0 Å². The van der Waals surface area contributed by atoms with Gasteiger partial charge in [-0.1, -0.05) is 12.1 Å². The average Bonchev–Trinajstić information content (AvgIpc) is 2.57. The molecule has 1 amide bonds. The van der Waals surface area contributed by atoms with Gasteiger partial charge < -0.3 is 10.2 Å². The SMILES string of the molecule is CC(=O)c1ccc(S(=O)(=O)N(C)CC(=O)NC2CCN(C)CC2)cc1. The molecule has 0 aliphatic carbocycles. The van der Waals surface area contributed by atoms with Crippen molar-refractivity contribution in [1.29, 1.82) is 0 Å². The normalized spacial score (nSPS) is 16.8. The first-order valence-electron chi connectivity index (χ1n) is 8.25. The van der Waals surface area contributed by atoms with Crippen LogP contribution >= 0.6 is 0 Å². The highest BCUT2D eigenvalue weighted by molar-refractivity contribution is 7.89. The first-order valence-corrected chi connectivity index (χ1v) is 9.69. The number of carbonyl (C=O) groups excluding carboxylic acids is 2. The second-order valence-electron chi connectivity index (χ2n) is 6.49. The molecule has 2 rings (SSSR count). The summed E-state index contributed by atoms with van der Waals surface area (Å²) >= 11 is 0. The Balaban J connectivity index is 1.97. The van der Waals surface area contributed by atoms with E-state index >= 15 is 0 Å². The molecule has 0 radical (unpaired) electrons. The Morgan fingerprint density at radius 1 is 1.20 bits per heavy atom. The summed E-state index contributed by atoms with van der Waals surface area (Å²) in [7, 11) is -0.358. The summed E-state index contributed by atoms with van der Waals surface area (Å²) in [5, 5.41) is 2.90. The minimum atomic E-state index is -3.77. The molecule has 0 bridgehead atoms. The Bertz CT molecular complexity index is 723. The zero-order chi connectivity index (χ0) is 18.6. The molecule has 0 atom stereocenters. The number of sulfonamides is 1. The van der Waals surface area contributed by atoms with Crippen LogP contribution in [0.25, 0.3) is 0 Å². The van der Waals surface area contributed by atoms with Crippen LogP contribution in [0.5, 0.6) is 0 Å². The zero-order valence-electron chi connectivity index (χ0n) is 14.9. The molecule has 1 aliphatic rings. The molecule has 1 fully saturated rings. The van der Waals surface area contributed by atoms with Crippen LogP contribution in [0.1, 0.15) is 30.1 Å². The van der Waals surface area contributed by atoms with Gasteiger partial charge in [0, 0.05) is 18.7 Å². The number of piperidine rings is 1. The number of benzene rings is 1. The van der Waals surface area contributed by atoms with E-state index in [0.717, 1.165) is 30.2 Å². The predicted molar refractivity (Wildman–Crippen MR) is 94.9 cm³/mol. The first kappa shape index (κ1) is 19.6. The largest absolute Gasteiger partial charge is 0.352 e. The molecule has 8 heteroatoms. The summed E-state index contributed by atoms with van der Waals surface area (Å²) in [6, 6.07) is 5.81. The summed E-state index contributed by atoms with van der Waals surface area (Å²) in [5.74, 6) is -0.434. The summed E-state index contributed by atoms with van der Waals surface area (Å²) in [6.45, 7) is 3.02. The van der Waals surface area contributed by atoms with Crippen LogP contribution < -0.4 is 5.32 Å². The van der Waals surface area contributed by atoms with Gasteiger partial charge >= 0.3 is 0 Å². The molecule has 1 aromatic carbocycles. The third-order valence-electron chi connectivity index (χ3n) is 4.42. The Labute approximate surface area is 149 Å². The number of nitrogens with one attached hydrogen (secondary N) is 1. The van der Waals surface area contributed by atoms with Crippen molar-refractivity contribution in [3.63, 3.8) is 0 Å². The third-order valence-corrected chi connectivity index (χ3v) is 6.24. The number of likely N-dealkylation sites (tertiary alicyclic amines) is 1. The van der Waals surface area contributed by atoms with E-state index in [2.05, 4.69) is 10.2 Å². The minimum Gasteiger partial charge on any atom is -0.352 e. The Hall–Kier alpha value is -1.77. The monoisotopic (exact) mass is 367 g/mol. The maximum atomic E-state index is 12.5. The first-order chi connectivity index (χ1) is 11.7. The molecule has 1 N–H and O–H groups in total. The van der Waals surface area contributed by atoms with Gasteiger partial charge in [0.2, 0.25) is 15.9 Å². The van der Waals surface area contributed by atoms with Gasteiger partial charge in [0.1, 0.15) is 0 Å². The molecule has 1 aliphatic heterocycles. The van der Waals surface area contributed by atoms with Gasteiger partial charge in [-0.2, -0.15) is 4.31 Å². The van der Waals surface area contributed by atoms with Gasteiger partial charge in [-0.15, -0.1) is 0 Å². The van der Waals surface area contributed by atoms with E-state index in [1.807, 2.05) is 7.05 Å². The van der Waals surface area contributed by atoms with E-state index in [1.54, 1.807) is 0 Å². The van der Waals surface area contributed by atoms with Crippen molar-refractivity contribution < 1.29 is 18.0 Å². The van der Waals surface area contributed by atoms with Crippen LogP contribution in [0, 0.1) is 0 Å². The summed E-state index contributed by atoms with van der Waals surface area (Å²) in [5.41, 5.74) is 0.446. The van der Waals surface area contributed by atoms with Crippen molar-refractivity contribution in [2.24, 2.45) is 0 Å². The number of carbonyl (C=O) groups is 2. The van der Waals surface area contributed by atoms with Gasteiger partial charge in [0.25, 0.3) is 0 Å². The van der Waals surface area contributed by atoms with Crippen molar-refractivity contribution in [2.45, 2.75) is 30.7 Å². The van der Waals surface area contributed by atoms with Crippen molar-refractivity contribution in [1.82, 2.24) is 14.5 Å². The molecule has 7 nitrogen and oxygen atoms in total. The standard InChI is InChI=1S/C17H25N3O4S/c1-13(21)14-4-6-16(7-5-14)25(23,24)20(3)12-17(22)18-15-8-10-19(2)11-9-15/h4-7,15H,8-12H2,1-3H3,(H,18,22). The minimum absolute atomic E-state index is 0.0621. The van der Waals surface area contributed by atoms with Crippen LogP contribution in [-0.4, -0.2) is 69.1 Å². The van der Waals surface area contributed by atoms with E-state index in [0.29, 0.717) is 5.56 Å². The van der Waals surface area contributed by atoms with E-state index in [1.165, 1.54) is 38.2 Å². The molecule has 138 valence electrons. The summed E-state index contributed by atoms with van der Waals surface area (Å²) < 4.78 is 26.1. The maximum absolute atomic E-state index is 12.5. The fraction of sp³-hybridized carbons (Fsp3) is 0.529. The van der Waals surface area contributed by atoms with Crippen LogP contribution in [0.4, 0.5) is 0 Å². The third kappa shape index (κ3) is 5.10. The van der Waals surface area contributed by atoms with E-state index in [9.17, 15) is 18.0 Å². The number of hydrogen-bond donors (Lipinski definition) is 1. The summed E-state index contributed by atoms with van der Waals surface area (Å²) in [6.07, 6.45) is 1.73. The molecule has 1 saturated heterocycles. The number of nitrogens with zero attached hydrogens (tertiary/aromatic N) is 2. The van der Waals surface area contributed by atoms with E-state index < -0.39 is 10.0 Å². The van der Waals surface area contributed by atoms with E-state index in [-0.39, 0.29) is 29.2 Å². The van der Waals surface area contributed by atoms with Gasteiger partial charge in [0.15, 0.2) is 5.78 Å². The molecule has 0 unspecified atom stereocenters.